The fourth-order valence-corrected chi connectivity index (χ4v) is 1.68. The zero-order chi connectivity index (χ0) is 10.7. The first kappa shape index (κ1) is 9.61. The Morgan fingerprint density at radius 1 is 1.20 bits per heavy atom. The van der Waals surface area contributed by atoms with Gasteiger partial charge in [-0.1, -0.05) is 36.3 Å². The van der Waals surface area contributed by atoms with Crippen LogP contribution in [-0.4, -0.2) is 6.61 Å². The van der Waals surface area contributed by atoms with Gasteiger partial charge in [-0.15, -0.1) is 6.42 Å². The van der Waals surface area contributed by atoms with Crippen LogP contribution in [0.2, 0.25) is 0 Å². The molecule has 0 aliphatic carbocycles. The maximum absolute atomic E-state index is 5.46. The van der Waals surface area contributed by atoms with E-state index in [4.69, 9.17) is 11.2 Å². The normalized spacial score (nSPS) is 9.87. The van der Waals surface area contributed by atoms with Crippen LogP contribution in [0, 0.1) is 19.3 Å². The van der Waals surface area contributed by atoms with Gasteiger partial charge in [0.05, 0.1) is 0 Å². The third-order valence-electron chi connectivity index (χ3n) is 2.46. The average molecular weight is 196 g/mol. The van der Waals surface area contributed by atoms with Crippen LogP contribution in [0.25, 0.3) is 10.8 Å². The van der Waals surface area contributed by atoms with Gasteiger partial charge in [0.25, 0.3) is 0 Å². The van der Waals surface area contributed by atoms with Gasteiger partial charge in [0.1, 0.15) is 12.4 Å². The molecule has 0 bridgehead atoms. The highest BCUT2D eigenvalue weighted by Gasteiger charge is 2.02. The van der Waals surface area contributed by atoms with Gasteiger partial charge in [0.2, 0.25) is 0 Å². The minimum Gasteiger partial charge on any atom is -0.481 e. The summed E-state index contributed by atoms with van der Waals surface area (Å²) in [6.07, 6.45) is 5.16. The molecule has 1 heteroatoms. The molecular formula is C14H12O. The molecule has 0 fully saturated rings. The monoisotopic (exact) mass is 196 g/mol. The van der Waals surface area contributed by atoms with Crippen LogP contribution >= 0.6 is 0 Å². The van der Waals surface area contributed by atoms with Crippen LogP contribution in [0.5, 0.6) is 5.75 Å². The number of hydrogen-bond acceptors (Lipinski definition) is 1. The molecule has 0 radical (unpaired) electrons. The summed E-state index contributed by atoms with van der Waals surface area (Å²) in [4.78, 5) is 0. The summed E-state index contributed by atoms with van der Waals surface area (Å²) >= 11 is 0. The van der Waals surface area contributed by atoms with Crippen LogP contribution in [0.3, 0.4) is 0 Å². The van der Waals surface area contributed by atoms with E-state index in [1.807, 2.05) is 31.2 Å². The van der Waals surface area contributed by atoms with Crippen molar-refractivity contribution in [3.63, 3.8) is 0 Å². The average Bonchev–Trinajstić information content (AvgIpc) is 2.29. The molecule has 0 heterocycles. The molecule has 0 aliphatic rings. The van der Waals surface area contributed by atoms with Crippen molar-refractivity contribution in [3.8, 4) is 18.1 Å². The van der Waals surface area contributed by atoms with E-state index >= 15 is 0 Å². The SMILES string of the molecule is C#CCOc1ccc2ccccc2c1C. The summed E-state index contributed by atoms with van der Waals surface area (Å²) in [5, 5.41) is 2.44. The molecule has 0 aliphatic heterocycles. The quantitative estimate of drug-likeness (QED) is 0.670. The Hall–Kier alpha value is -1.94. The first-order valence-corrected chi connectivity index (χ1v) is 4.87. The van der Waals surface area contributed by atoms with Crippen LogP contribution < -0.4 is 4.74 Å². The standard InChI is InChI=1S/C14H12O/c1-3-10-15-14-9-8-12-6-4-5-7-13(12)11(14)2/h1,4-9H,10H2,2H3. The van der Waals surface area contributed by atoms with Gasteiger partial charge >= 0.3 is 0 Å². The van der Waals surface area contributed by atoms with E-state index in [2.05, 4.69) is 18.1 Å². The molecule has 15 heavy (non-hydrogen) atoms. The second kappa shape index (κ2) is 4.06. The number of terminal acetylenes is 1. The second-order valence-corrected chi connectivity index (χ2v) is 3.40. The van der Waals surface area contributed by atoms with E-state index in [1.54, 1.807) is 0 Å². The Balaban J connectivity index is 2.51. The number of aryl methyl sites for hydroxylation is 1. The van der Waals surface area contributed by atoms with Crippen molar-refractivity contribution >= 4 is 10.8 Å². The fourth-order valence-electron chi connectivity index (χ4n) is 1.68. The topological polar surface area (TPSA) is 9.23 Å². The van der Waals surface area contributed by atoms with Crippen molar-refractivity contribution in [2.45, 2.75) is 6.92 Å². The molecule has 2 rings (SSSR count). The molecule has 1 nitrogen and oxygen atoms in total. The number of benzene rings is 2. The Morgan fingerprint density at radius 2 is 2.00 bits per heavy atom. The first-order valence-electron chi connectivity index (χ1n) is 4.87. The Bertz CT molecular complexity index is 520. The van der Waals surface area contributed by atoms with Gasteiger partial charge < -0.3 is 4.74 Å². The van der Waals surface area contributed by atoms with Crippen molar-refractivity contribution in [2.24, 2.45) is 0 Å². The predicted octanol–water partition coefficient (Wildman–Crippen LogP) is 3.16. The smallest absolute Gasteiger partial charge is 0.148 e. The van der Waals surface area contributed by atoms with Crippen molar-refractivity contribution in [3.05, 3.63) is 42.0 Å². The lowest BCUT2D eigenvalue weighted by Gasteiger charge is -2.08. The molecule has 0 saturated carbocycles. The maximum Gasteiger partial charge on any atom is 0.148 e. The Labute approximate surface area is 89.7 Å². The van der Waals surface area contributed by atoms with Gasteiger partial charge in [0.15, 0.2) is 0 Å². The molecule has 74 valence electrons. The Kier molecular flexibility index (Phi) is 2.60. The highest BCUT2D eigenvalue weighted by molar-refractivity contribution is 5.87. The third kappa shape index (κ3) is 1.80. The van der Waals surface area contributed by atoms with E-state index in [0.29, 0.717) is 6.61 Å². The molecule has 0 amide bonds. The lowest BCUT2D eigenvalue weighted by Crippen LogP contribution is -1.95. The summed E-state index contributed by atoms with van der Waals surface area (Å²) in [6.45, 7) is 2.37. The van der Waals surface area contributed by atoms with E-state index in [-0.39, 0.29) is 0 Å². The molecular weight excluding hydrogens is 184 g/mol. The maximum atomic E-state index is 5.46. The lowest BCUT2D eigenvalue weighted by molar-refractivity contribution is 0.368. The highest BCUT2D eigenvalue weighted by Crippen LogP contribution is 2.26. The predicted molar refractivity (Wildman–Crippen MR) is 63.0 cm³/mol. The van der Waals surface area contributed by atoms with Gasteiger partial charge in [-0.05, 0) is 29.3 Å². The molecule has 0 saturated heterocycles. The Morgan fingerprint density at radius 3 is 2.80 bits per heavy atom. The molecule has 0 spiro atoms. The first-order chi connectivity index (χ1) is 7.33. The minimum atomic E-state index is 0.319. The summed E-state index contributed by atoms with van der Waals surface area (Å²) in [7, 11) is 0. The number of hydrogen-bond donors (Lipinski definition) is 0. The van der Waals surface area contributed by atoms with Crippen molar-refractivity contribution in [1.82, 2.24) is 0 Å². The zero-order valence-electron chi connectivity index (χ0n) is 8.66. The molecule has 0 aromatic heterocycles. The van der Waals surface area contributed by atoms with E-state index in [0.717, 1.165) is 11.3 Å². The molecule has 0 N–H and O–H groups in total. The highest BCUT2D eigenvalue weighted by atomic mass is 16.5. The lowest BCUT2D eigenvalue weighted by atomic mass is 10.1. The van der Waals surface area contributed by atoms with Crippen molar-refractivity contribution in [2.75, 3.05) is 6.61 Å². The van der Waals surface area contributed by atoms with Crippen LogP contribution in [-0.2, 0) is 0 Å². The minimum absolute atomic E-state index is 0.319. The number of fused-ring (bicyclic) bond motifs is 1. The molecule has 2 aromatic rings. The van der Waals surface area contributed by atoms with Crippen molar-refractivity contribution < 1.29 is 4.74 Å². The number of ether oxygens (including phenoxy) is 1. The third-order valence-corrected chi connectivity index (χ3v) is 2.46. The van der Waals surface area contributed by atoms with Gasteiger partial charge in [-0.25, -0.2) is 0 Å². The summed E-state index contributed by atoms with van der Waals surface area (Å²) < 4.78 is 5.46. The summed E-state index contributed by atoms with van der Waals surface area (Å²) in [5.41, 5.74) is 1.14. The molecule has 0 atom stereocenters. The molecule has 2 aromatic carbocycles. The van der Waals surface area contributed by atoms with Crippen LogP contribution in [0.15, 0.2) is 36.4 Å². The van der Waals surface area contributed by atoms with Crippen LogP contribution in [0.4, 0.5) is 0 Å². The van der Waals surface area contributed by atoms with Crippen LogP contribution in [0.1, 0.15) is 5.56 Å². The summed E-state index contributed by atoms with van der Waals surface area (Å²) in [6, 6.07) is 12.3. The van der Waals surface area contributed by atoms with E-state index in [1.165, 1.54) is 10.8 Å². The van der Waals surface area contributed by atoms with Gasteiger partial charge in [-0.2, -0.15) is 0 Å². The molecule has 0 unspecified atom stereocenters. The van der Waals surface area contributed by atoms with Gasteiger partial charge in [-0.3, -0.25) is 0 Å². The van der Waals surface area contributed by atoms with E-state index < -0.39 is 0 Å². The zero-order valence-corrected chi connectivity index (χ0v) is 8.66. The number of rotatable bonds is 2. The fraction of sp³-hybridized carbons (Fsp3) is 0.143. The largest absolute Gasteiger partial charge is 0.481 e. The van der Waals surface area contributed by atoms with Crippen molar-refractivity contribution in [1.29, 1.82) is 0 Å². The second-order valence-electron chi connectivity index (χ2n) is 3.40. The summed E-state index contributed by atoms with van der Waals surface area (Å²) in [5.74, 6) is 3.34. The van der Waals surface area contributed by atoms with E-state index in [9.17, 15) is 0 Å². The van der Waals surface area contributed by atoms with Gasteiger partial charge in [0, 0.05) is 0 Å².